The van der Waals surface area contributed by atoms with E-state index in [1.807, 2.05) is 0 Å². The van der Waals surface area contributed by atoms with Crippen LogP contribution in [0.5, 0.6) is 0 Å². The van der Waals surface area contributed by atoms with E-state index in [1.165, 1.54) is 0 Å². The summed E-state index contributed by atoms with van der Waals surface area (Å²) in [5.41, 5.74) is 5.47. The Bertz CT molecular complexity index is 111. The van der Waals surface area contributed by atoms with Gasteiger partial charge >= 0.3 is 0 Å². The van der Waals surface area contributed by atoms with Crippen molar-refractivity contribution in [3.05, 3.63) is 0 Å². The molecule has 0 radical (unpaired) electrons. The number of rotatable bonds is 6. The van der Waals surface area contributed by atoms with Crippen molar-refractivity contribution >= 4 is 29.3 Å². The fraction of sp³-hybridized carbons (Fsp3) is 0.857. The summed E-state index contributed by atoms with van der Waals surface area (Å²) in [6.45, 7) is 3.98. The highest BCUT2D eigenvalue weighted by Gasteiger charge is 2.16. The fourth-order valence-corrected chi connectivity index (χ4v) is 1.53. The number of methoxy groups -OCH3 is 1. The van der Waals surface area contributed by atoms with Gasteiger partial charge in [-0.25, -0.2) is 0 Å². The maximum absolute atomic E-state index is 5.47. The molecule has 2 unspecified atom stereocenters. The van der Waals surface area contributed by atoms with Gasteiger partial charge in [0.05, 0.1) is 12.1 Å². The normalized spacial score (nSPS) is 15.9. The zero-order valence-corrected chi connectivity index (χ0v) is 8.95. The molecule has 2 atom stereocenters. The predicted octanol–water partition coefficient (Wildman–Crippen LogP) is 0.854. The van der Waals surface area contributed by atoms with E-state index in [9.17, 15) is 0 Å². The minimum Gasteiger partial charge on any atom is -0.379 e. The molecule has 0 aliphatic rings. The smallest absolute Gasteiger partial charge is 0.0875 e. The number of ether oxygens (including phenoxy) is 1. The lowest BCUT2D eigenvalue weighted by molar-refractivity contribution is 0.0820. The van der Waals surface area contributed by atoms with Gasteiger partial charge in [0, 0.05) is 18.1 Å². The highest BCUT2D eigenvalue weighted by Crippen LogP contribution is 2.07. The Morgan fingerprint density at radius 1 is 1.73 bits per heavy atom. The lowest BCUT2D eigenvalue weighted by Gasteiger charge is -2.19. The summed E-state index contributed by atoms with van der Waals surface area (Å²) in [7, 11) is 1.69. The van der Waals surface area contributed by atoms with Gasteiger partial charge in [0.1, 0.15) is 0 Å². The molecule has 0 aromatic heterocycles. The van der Waals surface area contributed by atoms with E-state index in [0.29, 0.717) is 6.54 Å². The number of nitrogens with zero attached hydrogens (tertiary/aromatic N) is 1. The van der Waals surface area contributed by atoms with Gasteiger partial charge in [-0.1, -0.05) is 22.6 Å². The van der Waals surface area contributed by atoms with Crippen molar-refractivity contribution in [3.63, 3.8) is 0 Å². The summed E-state index contributed by atoms with van der Waals surface area (Å²) in [6.07, 6.45) is 1.12. The number of hydrogen-bond acceptors (Lipinski definition) is 3. The third-order valence-corrected chi connectivity index (χ3v) is 2.22. The molecule has 11 heavy (non-hydrogen) atoms. The van der Waals surface area contributed by atoms with Gasteiger partial charge in [0.2, 0.25) is 0 Å². The Balaban J connectivity index is 3.86. The van der Waals surface area contributed by atoms with Crippen LogP contribution in [0, 0.1) is 0 Å². The van der Waals surface area contributed by atoms with Crippen LogP contribution in [0.1, 0.15) is 6.42 Å². The minimum absolute atomic E-state index is 0.0507. The van der Waals surface area contributed by atoms with Crippen molar-refractivity contribution in [2.24, 2.45) is 10.7 Å². The Kier molecular flexibility index (Phi) is 7.20. The number of halogens is 1. The number of nitrogens with two attached hydrogens (primary N) is 1. The van der Waals surface area contributed by atoms with Crippen molar-refractivity contribution in [1.29, 1.82) is 0 Å². The van der Waals surface area contributed by atoms with Gasteiger partial charge in [-0.2, -0.15) is 0 Å². The Morgan fingerprint density at radius 3 is 2.64 bits per heavy atom. The van der Waals surface area contributed by atoms with Gasteiger partial charge in [0.25, 0.3) is 0 Å². The van der Waals surface area contributed by atoms with E-state index in [2.05, 4.69) is 34.3 Å². The fourth-order valence-electron chi connectivity index (χ4n) is 0.919. The predicted molar refractivity (Wildman–Crippen MR) is 56.7 cm³/mol. The van der Waals surface area contributed by atoms with Crippen molar-refractivity contribution in [2.75, 3.05) is 18.1 Å². The molecule has 0 fully saturated rings. The first-order chi connectivity index (χ1) is 5.29. The van der Waals surface area contributed by atoms with E-state index in [-0.39, 0.29) is 12.1 Å². The number of hydrogen-bond donors (Lipinski definition) is 1. The molecule has 0 spiro atoms. The van der Waals surface area contributed by atoms with E-state index >= 15 is 0 Å². The monoisotopic (exact) mass is 270 g/mol. The highest BCUT2D eigenvalue weighted by molar-refractivity contribution is 14.1. The standard InChI is InChI=1S/C7H15IN2O/c1-10-6(5-9)7(11-2)3-4-8/h6-7H,1,3-5,9H2,2H3. The van der Waals surface area contributed by atoms with Crippen LogP contribution in [0.25, 0.3) is 0 Å². The third kappa shape index (κ3) is 4.03. The van der Waals surface area contributed by atoms with Crippen molar-refractivity contribution < 1.29 is 4.74 Å². The second-order valence-electron chi connectivity index (χ2n) is 2.24. The molecule has 0 aliphatic heterocycles. The first-order valence-electron chi connectivity index (χ1n) is 3.54. The molecule has 0 aliphatic carbocycles. The largest absolute Gasteiger partial charge is 0.379 e. The molecule has 3 nitrogen and oxygen atoms in total. The Morgan fingerprint density at radius 2 is 2.36 bits per heavy atom. The lowest BCUT2D eigenvalue weighted by Crippen LogP contribution is -2.33. The molecule has 2 N–H and O–H groups in total. The zero-order valence-electron chi connectivity index (χ0n) is 6.79. The zero-order chi connectivity index (χ0) is 8.69. The summed E-state index contributed by atoms with van der Waals surface area (Å²) in [4.78, 5) is 3.89. The van der Waals surface area contributed by atoms with Crippen LogP contribution in [0.3, 0.4) is 0 Å². The van der Waals surface area contributed by atoms with Crippen LogP contribution in [-0.4, -0.2) is 36.9 Å². The molecule has 4 heteroatoms. The second-order valence-corrected chi connectivity index (χ2v) is 3.32. The molecular weight excluding hydrogens is 255 g/mol. The second kappa shape index (κ2) is 7.00. The van der Waals surface area contributed by atoms with Crippen LogP contribution in [0.2, 0.25) is 0 Å². The van der Waals surface area contributed by atoms with E-state index in [4.69, 9.17) is 10.5 Å². The van der Waals surface area contributed by atoms with Crippen molar-refractivity contribution in [2.45, 2.75) is 18.6 Å². The lowest BCUT2D eigenvalue weighted by atomic mass is 10.1. The molecule has 0 bridgehead atoms. The number of alkyl halides is 1. The highest BCUT2D eigenvalue weighted by atomic mass is 127. The van der Waals surface area contributed by atoms with E-state index in [0.717, 1.165) is 10.8 Å². The Labute approximate surface area is 81.5 Å². The molecular formula is C7H15IN2O. The summed E-state index contributed by atoms with van der Waals surface area (Å²) in [5.74, 6) is 0. The molecule has 66 valence electrons. The van der Waals surface area contributed by atoms with Crippen LogP contribution in [0.15, 0.2) is 4.99 Å². The van der Waals surface area contributed by atoms with E-state index in [1.54, 1.807) is 7.11 Å². The molecule has 0 heterocycles. The summed E-state index contributed by atoms with van der Waals surface area (Å²) < 4.78 is 6.27. The van der Waals surface area contributed by atoms with Crippen LogP contribution < -0.4 is 5.73 Å². The SMILES string of the molecule is C=NC(CN)C(CCI)OC. The van der Waals surface area contributed by atoms with Crippen LogP contribution in [-0.2, 0) is 4.74 Å². The van der Waals surface area contributed by atoms with Gasteiger partial charge in [-0.15, -0.1) is 0 Å². The number of aliphatic imine (C=N–C) groups is 1. The molecule has 0 amide bonds. The van der Waals surface area contributed by atoms with Crippen molar-refractivity contribution in [1.82, 2.24) is 0 Å². The van der Waals surface area contributed by atoms with Crippen LogP contribution in [0.4, 0.5) is 0 Å². The van der Waals surface area contributed by atoms with Crippen LogP contribution >= 0.6 is 22.6 Å². The molecule has 0 rings (SSSR count). The maximum Gasteiger partial charge on any atom is 0.0875 e. The molecule has 0 saturated carbocycles. The van der Waals surface area contributed by atoms with Crippen molar-refractivity contribution in [3.8, 4) is 0 Å². The van der Waals surface area contributed by atoms with Gasteiger partial charge in [-0.05, 0) is 13.1 Å². The summed E-state index contributed by atoms with van der Waals surface area (Å²) >= 11 is 2.31. The Hall–Kier alpha value is 0.320. The molecule has 0 aromatic carbocycles. The first kappa shape index (κ1) is 11.3. The molecule has 0 saturated heterocycles. The maximum atomic E-state index is 5.47. The summed E-state index contributed by atoms with van der Waals surface area (Å²) in [5, 5.41) is 0. The van der Waals surface area contributed by atoms with Gasteiger partial charge < -0.3 is 10.5 Å². The average Bonchev–Trinajstić information content (AvgIpc) is 2.05. The van der Waals surface area contributed by atoms with Gasteiger partial charge in [0.15, 0.2) is 0 Å². The average molecular weight is 270 g/mol. The quantitative estimate of drug-likeness (QED) is 0.442. The minimum atomic E-state index is 0.0507. The molecule has 0 aromatic rings. The summed E-state index contributed by atoms with van der Waals surface area (Å²) in [6, 6.07) is 0.0507. The first-order valence-corrected chi connectivity index (χ1v) is 5.07. The third-order valence-electron chi connectivity index (χ3n) is 1.60. The van der Waals surface area contributed by atoms with Gasteiger partial charge in [-0.3, -0.25) is 4.99 Å². The topological polar surface area (TPSA) is 47.6 Å². The van der Waals surface area contributed by atoms with E-state index < -0.39 is 0 Å².